The largest absolute Gasteiger partial charge is 0.497 e. The molecular formula is C22H26N2O3. The van der Waals surface area contributed by atoms with Crippen molar-refractivity contribution in [2.24, 2.45) is 5.92 Å². The molecule has 1 atom stereocenters. The zero-order valence-corrected chi connectivity index (χ0v) is 15.9. The van der Waals surface area contributed by atoms with Crippen molar-refractivity contribution >= 4 is 17.9 Å². The topological polar surface area (TPSA) is 58.6 Å². The normalized spacial score (nSPS) is 15.9. The smallest absolute Gasteiger partial charge is 0.223 e. The quantitative estimate of drug-likeness (QED) is 0.794. The fourth-order valence-electron chi connectivity index (χ4n) is 3.49. The summed E-state index contributed by atoms with van der Waals surface area (Å²) in [5.74, 6) is 0.937. The molecule has 1 saturated heterocycles. The van der Waals surface area contributed by atoms with E-state index in [0.717, 1.165) is 49.2 Å². The van der Waals surface area contributed by atoms with Gasteiger partial charge in [-0.05, 0) is 61.7 Å². The van der Waals surface area contributed by atoms with Crippen molar-refractivity contribution < 1.29 is 14.3 Å². The van der Waals surface area contributed by atoms with Gasteiger partial charge in [0.2, 0.25) is 5.91 Å². The Morgan fingerprint density at radius 1 is 1.19 bits per heavy atom. The molecule has 142 valence electrons. The number of hydrogen-bond donors (Lipinski definition) is 1. The molecule has 0 radical (unpaired) electrons. The summed E-state index contributed by atoms with van der Waals surface area (Å²) in [5, 5.41) is 3.14. The molecule has 5 heteroatoms. The van der Waals surface area contributed by atoms with E-state index in [2.05, 4.69) is 10.2 Å². The highest BCUT2D eigenvalue weighted by atomic mass is 16.5. The third-order valence-corrected chi connectivity index (χ3v) is 5.21. The van der Waals surface area contributed by atoms with Gasteiger partial charge in [-0.3, -0.25) is 9.59 Å². The summed E-state index contributed by atoms with van der Waals surface area (Å²) >= 11 is 0. The number of ether oxygens (including phenoxy) is 1. The number of anilines is 1. The Bertz CT molecular complexity index is 780. The summed E-state index contributed by atoms with van der Waals surface area (Å²) in [6.45, 7) is 3.68. The van der Waals surface area contributed by atoms with Gasteiger partial charge in [-0.1, -0.05) is 12.1 Å². The highest BCUT2D eigenvalue weighted by Gasteiger charge is 2.26. The average Bonchev–Trinajstić information content (AvgIpc) is 2.74. The van der Waals surface area contributed by atoms with E-state index in [9.17, 15) is 9.59 Å². The van der Waals surface area contributed by atoms with Gasteiger partial charge in [-0.25, -0.2) is 0 Å². The summed E-state index contributed by atoms with van der Waals surface area (Å²) in [6, 6.07) is 15.3. The minimum Gasteiger partial charge on any atom is -0.497 e. The van der Waals surface area contributed by atoms with Crippen LogP contribution in [0.1, 0.15) is 41.7 Å². The second-order valence-electron chi connectivity index (χ2n) is 6.98. The Balaban J connectivity index is 1.53. The van der Waals surface area contributed by atoms with E-state index in [1.165, 1.54) is 0 Å². The van der Waals surface area contributed by atoms with Crippen LogP contribution in [0.5, 0.6) is 5.75 Å². The number of nitrogens with zero attached hydrogens (tertiary/aromatic N) is 1. The second-order valence-corrected chi connectivity index (χ2v) is 6.98. The number of nitrogens with one attached hydrogen (secondary N) is 1. The number of methoxy groups -OCH3 is 1. The van der Waals surface area contributed by atoms with Gasteiger partial charge in [-0.2, -0.15) is 0 Å². The van der Waals surface area contributed by atoms with E-state index in [-0.39, 0.29) is 17.9 Å². The van der Waals surface area contributed by atoms with Crippen molar-refractivity contribution in [1.29, 1.82) is 0 Å². The summed E-state index contributed by atoms with van der Waals surface area (Å²) in [4.78, 5) is 25.7. The Morgan fingerprint density at radius 3 is 2.52 bits per heavy atom. The van der Waals surface area contributed by atoms with Crippen molar-refractivity contribution in [1.82, 2.24) is 5.32 Å². The van der Waals surface area contributed by atoms with E-state index in [0.29, 0.717) is 5.56 Å². The number of aldehydes is 1. The molecule has 1 aliphatic heterocycles. The lowest BCUT2D eigenvalue weighted by Crippen LogP contribution is -2.41. The van der Waals surface area contributed by atoms with E-state index < -0.39 is 0 Å². The van der Waals surface area contributed by atoms with Gasteiger partial charge in [0.15, 0.2) is 0 Å². The molecule has 0 spiro atoms. The molecule has 1 N–H and O–H groups in total. The van der Waals surface area contributed by atoms with Crippen molar-refractivity contribution in [3.8, 4) is 5.75 Å². The summed E-state index contributed by atoms with van der Waals surface area (Å²) in [6.07, 6.45) is 2.50. The van der Waals surface area contributed by atoms with Crippen LogP contribution in [0.2, 0.25) is 0 Å². The predicted octanol–water partition coefficient (Wildman–Crippen LogP) is 3.60. The van der Waals surface area contributed by atoms with Crippen LogP contribution in [-0.4, -0.2) is 32.4 Å². The number of benzene rings is 2. The lowest BCUT2D eigenvalue weighted by Gasteiger charge is -2.33. The van der Waals surface area contributed by atoms with Crippen LogP contribution in [0, 0.1) is 5.92 Å². The van der Waals surface area contributed by atoms with E-state index >= 15 is 0 Å². The molecule has 0 aromatic heterocycles. The van der Waals surface area contributed by atoms with Crippen LogP contribution in [0.3, 0.4) is 0 Å². The summed E-state index contributed by atoms with van der Waals surface area (Å²) in [5.41, 5.74) is 2.82. The fraction of sp³-hybridized carbons (Fsp3) is 0.364. The van der Waals surface area contributed by atoms with Crippen molar-refractivity contribution in [3.63, 3.8) is 0 Å². The standard InChI is InChI=1S/C22H26N2O3/c1-16(19-4-3-5-21(14-19)27-2)23-22(26)18-10-12-24(13-11-18)20-8-6-17(15-25)7-9-20/h3-9,14-16,18H,10-13H2,1-2H3,(H,23,26)/t16-/m0/s1. The minimum absolute atomic E-state index is 0.0311. The molecule has 0 aliphatic carbocycles. The van der Waals surface area contributed by atoms with Crippen molar-refractivity contribution in [3.05, 3.63) is 59.7 Å². The van der Waals surface area contributed by atoms with Gasteiger partial charge in [0, 0.05) is 30.3 Å². The Hall–Kier alpha value is -2.82. The molecule has 0 bridgehead atoms. The Kier molecular flexibility index (Phi) is 6.12. The van der Waals surface area contributed by atoms with Crippen molar-refractivity contribution in [2.45, 2.75) is 25.8 Å². The monoisotopic (exact) mass is 366 g/mol. The molecule has 0 saturated carbocycles. The molecule has 2 aromatic rings. The summed E-state index contributed by atoms with van der Waals surface area (Å²) in [7, 11) is 1.64. The molecule has 2 aromatic carbocycles. The lowest BCUT2D eigenvalue weighted by molar-refractivity contribution is -0.126. The zero-order chi connectivity index (χ0) is 19.2. The van der Waals surface area contributed by atoms with E-state index in [4.69, 9.17) is 4.74 Å². The molecule has 1 heterocycles. The number of carbonyl (C=O) groups is 2. The van der Waals surface area contributed by atoms with Gasteiger partial charge < -0.3 is 15.0 Å². The van der Waals surface area contributed by atoms with E-state index in [1.807, 2.05) is 55.5 Å². The molecule has 1 amide bonds. The average molecular weight is 366 g/mol. The molecule has 3 rings (SSSR count). The maximum Gasteiger partial charge on any atom is 0.223 e. The zero-order valence-electron chi connectivity index (χ0n) is 15.9. The molecule has 1 fully saturated rings. The molecule has 0 unspecified atom stereocenters. The Labute approximate surface area is 160 Å². The first kappa shape index (κ1) is 19.0. The first-order chi connectivity index (χ1) is 13.1. The predicted molar refractivity (Wildman–Crippen MR) is 106 cm³/mol. The highest BCUT2D eigenvalue weighted by molar-refractivity contribution is 5.79. The number of amides is 1. The number of hydrogen-bond acceptors (Lipinski definition) is 4. The maximum absolute atomic E-state index is 12.7. The van der Waals surface area contributed by atoms with Gasteiger partial charge in [-0.15, -0.1) is 0 Å². The van der Waals surface area contributed by atoms with Crippen molar-refractivity contribution in [2.75, 3.05) is 25.1 Å². The molecule has 27 heavy (non-hydrogen) atoms. The highest BCUT2D eigenvalue weighted by Crippen LogP contribution is 2.25. The maximum atomic E-state index is 12.7. The van der Waals surface area contributed by atoms with Crippen LogP contribution < -0.4 is 15.0 Å². The number of carbonyl (C=O) groups excluding carboxylic acids is 2. The van der Waals surface area contributed by atoms with Crippen LogP contribution in [0.25, 0.3) is 0 Å². The second kappa shape index (κ2) is 8.71. The summed E-state index contributed by atoms with van der Waals surface area (Å²) < 4.78 is 5.26. The number of rotatable bonds is 6. The minimum atomic E-state index is -0.0542. The molecule has 5 nitrogen and oxygen atoms in total. The first-order valence-electron chi connectivity index (χ1n) is 9.35. The SMILES string of the molecule is COc1cccc([C@H](C)NC(=O)C2CCN(c3ccc(C=O)cc3)CC2)c1. The van der Waals surface area contributed by atoms with Crippen LogP contribution in [0.4, 0.5) is 5.69 Å². The van der Waals surface area contributed by atoms with Crippen LogP contribution in [-0.2, 0) is 4.79 Å². The van der Waals surface area contributed by atoms with Gasteiger partial charge >= 0.3 is 0 Å². The fourth-order valence-corrected chi connectivity index (χ4v) is 3.49. The number of piperidine rings is 1. The third-order valence-electron chi connectivity index (χ3n) is 5.21. The first-order valence-corrected chi connectivity index (χ1v) is 9.35. The van der Waals surface area contributed by atoms with Gasteiger partial charge in [0.05, 0.1) is 13.2 Å². The van der Waals surface area contributed by atoms with Crippen LogP contribution in [0.15, 0.2) is 48.5 Å². The molecule has 1 aliphatic rings. The van der Waals surface area contributed by atoms with Gasteiger partial charge in [0.25, 0.3) is 0 Å². The van der Waals surface area contributed by atoms with Crippen LogP contribution >= 0.6 is 0 Å². The Morgan fingerprint density at radius 2 is 1.89 bits per heavy atom. The molecular weight excluding hydrogens is 340 g/mol. The third kappa shape index (κ3) is 4.67. The van der Waals surface area contributed by atoms with E-state index in [1.54, 1.807) is 7.11 Å². The van der Waals surface area contributed by atoms with Gasteiger partial charge in [0.1, 0.15) is 12.0 Å². The lowest BCUT2D eigenvalue weighted by atomic mass is 9.94.